The number of halogens is 5. The molecule has 3 aromatic rings. The average molecular weight is 611 g/mol. The summed E-state index contributed by atoms with van der Waals surface area (Å²) in [6.45, 7) is 5.26. The number of nitrogens with zero attached hydrogens (tertiary/aromatic N) is 3. The first-order chi connectivity index (χ1) is 18.7. The standard InChI is InChI=1S/C31H34F3N3O2.2ClH/c1-22(38)36-15-16-37-27(20-36)19-35(18-25-17-26(31(32,33)34)13-14-29(25)39-2)21-28(37)30(23-9-5-3-6-10-23)24-11-7-4-8-12-24;;/h3-14,17,27-28,30H,15-16,18-21H2,1-2H3;2*1H/t27-,28+;;/m1../s1. The Hall–Kier alpha value is -2.78. The van der Waals surface area contributed by atoms with Crippen molar-refractivity contribution in [3.05, 3.63) is 101 Å². The molecule has 222 valence electrons. The van der Waals surface area contributed by atoms with Gasteiger partial charge in [0.15, 0.2) is 0 Å². The lowest BCUT2D eigenvalue weighted by molar-refractivity contribution is -0.137. The number of methoxy groups -OCH3 is 1. The van der Waals surface area contributed by atoms with Gasteiger partial charge in [-0.25, -0.2) is 0 Å². The highest BCUT2D eigenvalue weighted by molar-refractivity contribution is 5.85. The van der Waals surface area contributed by atoms with Crippen LogP contribution in [-0.4, -0.2) is 72.5 Å². The summed E-state index contributed by atoms with van der Waals surface area (Å²) in [7, 11) is 1.49. The zero-order valence-corrected chi connectivity index (χ0v) is 24.7. The Morgan fingerprint density at radius 2 is 1.51 bits per heavy atom. The van der Waals surface area contributed by atoms with E-state index in [4.69, 9.17) is 4.74 Å². The molecule has 2 heterocycles. The van der Waals surface area contributed by atoms with Crippen LogP contribution >= 0.6 is 24.8 Å². The van der Waals surface area contributed by atoms with Crippen LogP contribution in [0.15, 0.2) is 78.9 Å². The van der Waals surface area contributed by atoms with Crippen molar-refractivity contribution in [2.75, 3.05) is 39.8 Å². The molecule has 0 bridgehead atoms. The summed E-state index contributed by atoms with van der Waals surface area (Å²) < 4.78 is 46.2. The van der Waals surface area contributed by atoms with Gasteiger partial charge in [0, 0.05) is 69.8 Å². The van der Waals surface area contributed by atoms with E-state index in [2.05, 4.69) is 34.1 Å². The Morgan fingerprint density at radius 1 is 0.902 bits per heavy atom. The SMILES string of the molecule is COc1ccc(C(F)(F)F)cc1CN1C[C@@H]2CN(C(C)=O)CCN2[C@H](C(c2ccccc2)c2ccccc2)C1.Cl.Cl. The number of amides is 1. The van der Waals surface area contributed by atoms with Crippen LogP contribution in [0.2, 0.25) is 0 Å². The van der Waals surface area contributed by atoms with E-state index in [1.807, 2.05) is 41.3 Å². The third kappa shape index (κ3) is 7.36. The lowest BCUT2D eigenvalue weighted by Crippen LogP contribution is -2.67. The van der Waals surface area contributed by atoms with E-state index in [0.717, 1.165) is 12.6 Å². The molecule has 5 nitrogen and oxygen atoms in total. The largest absolute Gasteiger partial charge is 0.496 e. The molecule has 2 saturated heterocycles. The minimum atomic E-state index is -4.43. The van der Waals surface area contributed by atoms with E-state index in [1.165, 1.54) is 30.4 Å². The maximum Gasteiger partial charge on any atom is 0.416 e. The summed E-state index contributed by atoms with van der Waals surface area (Å²) in [6.07, 6.45) is -4.43. The van der Waals surface area contributed by atoms with E-state index in [9.17, 15) is 18.0 Å². The third-order valence-corrected chi connectivity index (χ3v) is 8.02. The van der Waals surface area contributed by atoms with Gasteiger partial charge in [0.05, 0.1) is 12.7 Å². The number of carbonyl (C=O) groups is 1. The zero-order valence-electron chi connectivity index (χ0n) is 23.1. The molecular formula is C31H36Cl2F3N3O2. The van der Waals surface area contributed by atoms with Crippen molar-refractivity contribution in [1.82, 2.24) is 14.7 Å². The van der Waals surface area contributed by atoms with E-state index < -0.39 is 11.7 Å². The van der Waals surface area contributed by atoms with Crippen LogP contribution in [0.4, 0.5) is 13.2 Å². The molecule has 0 spiro atoms. The van der Waals surface area contributed by atoms with Crippen molar-refractivity contribution in [1.29, 1.82) is 0 Å². The monoisotopic (exact) mass is 609 g/mol. The molecule has 2 fully saturated rings. The van der Waals surface area contributed by atoms with Crippen molar-refractivity contribution in [3.8, 4) is 5.75 Å². The molecule has 2 aliphatic heterocycles. The molecule has 0 radical (unpaired) electrons. The zero-order chi connectivity index (χ0) is 27.6. The molecule has 1 amide bonds. The number of benzene rings is 3. The highest BCUT2D eigenvalue weighted by Gasteiger charge is 2.43. The normalized spacial score (nSPS) is 19.6. The Labute approximate surface area is 252 Å². The van der Waals surface area contributed by atoms with Gasteiger partial charge in [-0.15, -0.1) is 24.8 Å². The second kappa shape index (κ2) is 13.9. The molecular weight excluding hydrogens is 574 g/mol. The number of ether oxygens (including phenoxy) is 1. The van der Waals surface area contributed by atoms with Crippen LogP contribution < -0.4 is 4.74 Å². The topological polar surface area (TPSA) is 36.0 Å². The van der Waals surface area contributed by atoms with Crippen LogP contribution in [0.5, 0.6) is 5.75 Å². The molecule has 0 saturated carbocycles. The summed E-state index contributed by atoms with van der Waals surface area (Å²) in [5.74, 6) is 0.550. The van der Waals surface area contributed by atoms with Gasteiger partial charge in [0.1, 0.15) is 5.75 Å². The summed E-state index contributed by atoms with van der Waals surface area (Å²) >= 11 is 0. The number of fused-ring (bicyclic) bond motifs is 1. The number of piperazine rings is 2. The first kappa shape index (κ1) is 32.7. The first-order valence-corrected chi connectivity index (χ1v) is 13.3. The fraction of sp³-hybridized carbons (Fsp3) is 0.387. The lowest BCUT2D eigenvalue weighted by atomic mass is 9.81. The van der Waals surface area contributed by atoms with Gasteiger partial charge in [-0.05, 0) is 29.3 Å². The van der Waals surface area contributed by atoms with E-state index in [-0.39, 0.29) is 48.7 Å². The smallest absolute Gasteiger partial charge is 0.416 e. The molecule has 2 atom stereocenters. The minimum absolute atomic E-state index is 0. The molecule has 10 heteroatoms. The minimum Gasteiger partial charge on any atom is -0.496 e. The second-order valence-corrected chi connectivity index (χ2v) is 10.4. The predicted octanol–water partition coefficient (Wildman–Crippen LogP) is 6.11. The van der Waals surface area contributed by atoms with Gasteiger partial charge < -0.3 is 9.64 Å². The molecule has 3 aromatic carbocycles. The van der Waals surface area contributed by atoms with Crippen molar-refractivity contribution < 1.29 is 22.7 Å². The molecule has 0 unspecified atom stereocenters. The van der Waals surface area contributed by atoms with E-state index in [0.29, 0.717) is 44.0 Å². The maximum absolute atomic E-state index is 13.6. The summed E-state index contributed by atoms with van der Waals surface area (Å²) in [5.41, 5.74) is 2.22. The van der Waals surface area contributed by atoms with E-state index >= 15 is 0 Å². The highest BCUT2D eigenvalue weighted by Crippen LogP contribution is 2.37. The number of carbonyl (C=O) groups excluding carboxylic acids is 1. The molecule has 0 aliphatic carbocycles. The fourth-order valence-corrected chi connectivity index (χ4v) is 6.20. The Kier molecular flexibility index (Phi) is 11.1. The predicted molar refractivity (Wildman–Crippen MR) is 159 cm³/mol. The van der Waals surface area contributed by atoms with Crippen LogP contribution in [0.1, 0.15) is 35.1 Å². The molecule has 41 heavy (non-hydrogen) atoms. The summed E-state index contributed by atoms with van der Waals surface area (Å²) in [4.78, 5) is 18.9. The molecule has 0 aromatic heterocycles. The number of rotatable bonds is 6. The Morgan fingerprint density at radius 3 is 2.05 bits per heavy atom. The number of hydrogen-bond acceptors (Lipinski definition) is 4. The first-order valence-electron chi connectivity index (χ1n) is 13.3. The Bertz CT molecular complexity index is 1240. The van der Waals surface area contributed by atoms with Crippen LogP contribution in [-0.2, 0) is 17.5 Å². The van der Waals surface area contributed by atoms with Crippen LogP contribution in [0.3, 0.4) is 0 Å². The van der Waals surface area contributed by atoms with Crippen molar-refractivity contribution in [2.45, 2.75) is 37.6 Å². The van der Waals surface area contributed by atoms with E-state index in [1.54, 1.807) is 6.92 Å². The fourth-order valence-electron chi connectivity index (χ4n) is 6.20. The van der Waals surface area contributed by atoms with Crippen LogP contribution in [0, 0.1) is 0 Å². The van der Waals surface area contributed by atoms with Crippen molar-refractivity contribution in [2.24, 2.45) is 0 Å². The number of alkyl halides is 3. The highest BCUT2D eigenvalue weighted by atomic mass is 35.5. The quantitative estimate of drug-likeness (QED) is 0.338. The molecule has 0 N–H and O–H groups in total. The summed E-state index contributed by atoms with van der Waals surface area (Å²) in [5, 5.41) is 0. The van der Waals surface area contributed by atoms with Gasteiger partial charge in [-0.2, -0.15) is 13.2 Å². The van der Waals surface area contributed by atoms with Gasteiger partial charge in [0.2, 0.25) is 5.91 Å². The van der Waals surface area contributed by atoms with Gasteiger partial charge in [-0.1, -0.05) is 60.7 Å². The summed E-state index contributed by atoms with van der Waals surface area (Å²) in [6, 6.07) is 24.6. The van der Waals surface area contributed by atoms with Gasteiger partial charge in [-0.3, -0.25) is 14.6 Å². The van der Waals surface area contributed by atoms with Gasteiger partial charge in [0.25, 0.3) is 0 Å². The Balaban J connectivity index is 0.00000231. The van der Waals surface area contributed by atoms with Crippen molar-refractivity contribution >= 4 is 30.7 Å². The second-order valence-electron chi connectivity index (χ2n) is 10.4. The third-order valence-electron chi connectivity index (χ3n) is 8.02. The van der Waals surface area contributed by atoms with Gasteiger partial charge >= 0.3 is 6.18 Å². The van der Waals surface area contributed by atoms with Crippen LogP contribution in [0.25, 0.3) is 0 Å². The lowest BCUT2D eigenvalue weighted by Gasteiger charge is -2.53. The number of hydrogen-bond donors (Lipinski definition) is 0. The van der Waals surface area contributed by atoms with Crippen molar-refractivity contribution in [3.63, 3.8) is 0 Å². The maximum atomic E-state index is 13.6. The average Bonchev–Trinajstić information content (AvgIpc) is 2.93. The molecule has 5 rings (SSSR count). The molecule has 2 aliphatic rings.